The van der Waals surface area contributed by atoms with E-state index in [0.29, 0.717) is 11.3 Å². The standard InChI is InChI=1S/C10H14F3N3O2S/c1-6-3-7(2)9(4-8(6)14)16-19(17,18)15-5-10(11,12)13/h3-4,15-16H,5,14H2,1-2H3. The molecule has 1 rings (SSSR count). The first-order valence-corrected chi connectivity index (χ1v) is 6.69. The molecule has 0 heterocycles. The summed E-state index contributed by atoms with van der Waals surface area (Å²) in [5.41, 5.74) is 7.41. The number of aryl methyl sites for hydroxylation is 2. The summed E-state index contributed by atoms with van der Waals surface area (Å²) in [7, 11) is -4.30. The molecule has 0 radical (unpaired) electrons. The summed E-state index contributed by atoms with van der Waals surface area (Å²) in [6.07, 6.45) is -4.61. The number of anilines is 2. The number of benzene rings is 1. The molecule has 4 N–H and O–H groups in total. The van der Waals surface area contributed by atoms with Gasteiger partial charge in [-0.2, -0.15) is 26.3 Å². The van der Waals surface area contributed by atoms with E-state index in [4.69, 9.17) is 5.73 Å². The summed E-state index contributed by atoms with van der Waals surface area (Å²) in [4.78, 5) is 0. The molecule has 0 aromatic heterocycles. The Balaban J connectivity index is 2.87. The van der Waals surface area contributed by atoms with Gasteiger partial charge < -0.3 is 5.73 Å². The van der Waals surface area contributed by atoms with Crippen molar-refractivity contribution in [3.63, 3.8) is 0 Å². The van der Waals surface area contributed by atoms with Gasteiger partial charge in [0.2, 0.25) is 0 Å². The van der Waals surface area contributed by atoms with Crippen molar-refractivity contribution in [3.8, 4) is 0 Å². The highest BCUT2D eigenvalue weighted by atomic mass is 32.2. The normalized spacial score (nSPS) is 12.5. The molecule has 0 fully saturated rings. The Morgan fingerprint density at radius 2 is 1.79 bits per heavy atom. The Bertz CT molecular complexity index is 570. The van der Waals surface area contributed by atoms with E-state index in [1.165, 1.54) is 10.8 Å². The minimum atomic E-state index is -4.61. The van der Waals surface area contributed by atoms with Gasteiger partial charge in [-0.1, -0.05) is 6.07 Å². The van der Waals surface area contributed by atoms with Crippen molar-refractivity contribution in [2.24, 2.45) is 0 Å². The first kappa shape index (κ1) is 15.6. The van der Waals surface area contributed by atoms with Crippen LogP contribution in [0.25, 0.3) is 0 Å². The molecule has 9 heteroatoms. The van der Waals surface area contributed by atoms with Crippen LogP contribution in [0.3, 0.4) is 0 Å². The van der Waals surface area contributed by atoms with Crippen molar-refractivity contribution in [2.75, 3.05) is 17.0 Å². The third kappa shape index (κ3) is 4.95. The zero-order chi connectivity index (χ0) is 14.8. The second-order valence-electron chi connectivity index (χ2n) is 4.07. The highest BCUT2D eigenvalue weighted by Gasteiger charge is 2.29. The van der Waals surface area contributed by atoms with Crippen molar-refractivity contribution in [2.45, 2.75) is 20.0 Å². The predicted octanol–water partition coefficient (Wildman–Crippen LogP) is 1.69. The van der Waals surface area contributed by atoms with E-state index in [-0.39, 0.29) is 5.69 Å². The number of nitrogens with two attached hydrogens (primary N) is 1. The molecule has 0 bridgehead atoms. The first-order chi connectivity index (χ1) is 8.50. The van der Waals surface area contributed by atoms with Crippen LogP contribution in [0.1, 0.15) is 11.1 Å². The second-order valence-corrected chi connectivity index (χ2v) is 5.57. The van der Waals surface area contributed by atoms with E-state index in [1.54, 1.807) is 19.9 Å². The third-order valence-corrected chi connectivity index (χ3v) is 3.33. The van der Waals surface area contributed by atoms with E-state index in [2.05, 4.69) is 0 Å². The molecule has 1 aromatic rings. The Kier molecular flexibility index (Phi) is 4.31. The maximum atomic E-state index is 11.9. The maximum Gasteiger partial charge on any atom is 0.402 e. The average molecular weight is 297 g/mol. The fourth-order valence-corrected chi connectivity index (χ4v) is 2.27. The summed E-state index contributed by atoms with van der Waals surface area (Å²) in [5, 5.41) is 0. The van der Waals surface area contributed by atoms with E-state index < -0.39 is 22.9 Å². The number of nitrogens with one attached hydrogen (secondary N) is 2. The summed E-state index contributed by atoms with van der Waals surface area (Å²) < 4.78 is 62.1. The summed E-state index contributed by atoms with van der Waals surface area (Å²) in [5.74, 6) is 0. The number of rotatable bonds is 4. The quantitative estimate of drug-likeness (QED) is 0.739. The summed E-state index contributed by atoms with van der Waals surface area (Å²) in [6, 6.07) is 2.99. The van der Waals surface area contributed by atoms with Gasteiger partial charge in [-0.25, -0.2) is 0 Å². The minimum absolute atomic E-state index is 0.137. The van der Waals surface area contributed by atoms with Crippen LogP contribution in [0.15, 0.2) is 12.1 Å². The summed E-state index contributed by atoms with van der Waals surface area (Å²) >= 11 is 0. The Morgan fingerprint density at radius 1 is 1.21 bits per heavy atom. The highest BCUT2D eigenvalue weighted by Crippen LogP contribution is 2.23. The van der Waals surface area contributed by atoms with E-state index in [0.717, 1.165) is 5.56 Å². The lowest BCUT2D eigenvalue weighted by Gasteiger charge is -2.14. The monoisotopic (exact) mass is 297 g/mol. The third-order valence-electron chi connectivity index (χ3n) is 2.32. The predicted molar refractivity (Wildman–Crippen MR) is 66.9 cm³/mol. The van der Waals surface area contributed by atoms with Gasteiger partial charge in [0.1, 0.15) is 6.54 Å². The van der Waals surface area contributed by atoms with Crippen LogP contribution in [0.2, 0.25) is 0 Å². The van der Waals surface area contributed by atoms with Gasteiger partial charge in [0, 0.05) is 5.69 Å². The van der Waals surface area contributed by atoms with Gasteiger partial charge in [-0.05, 0) is 31.0 Å². The molecule has 0 amide bonds. The van der Waals surface area contributed by atoms with Gasteiger partial charge in [-0.15, -0.1) is 0 Å². The highest BCUT2D eigenvalue weighted by molar-refractivity contribution is 7.90. The molecular weight excluding hydrogens is 283 g/mol. The van der Waals surface area contributed by atoms with Crippen LogP contribution in [0.5, 0.6) is 0 Å². The Morgan fingerprint density at radius 3 is 2.32 bits per heavy atom. The van der Waals surface area contributed by atoms with Gasteiger partial charge in [0.15, 0.2) is 0 Å². The SMILES string of the molecule is Cc1cc(C)c(NS(=O)(=O)NCC(F)(F)F)cc1N. The van der Waals surface area contributed by atoms with Crippen LogP contribution in [-0.2, 0) is 10.2 Å². The molecule has 19 heavy (non-hydrogen) atoms. The minimum Gasteiger partial charge on any atom is -0.398 e. The number of nitrogen functional groups attached to an aromatic ring is 1. The molecule has 5 nitrogen and oxygen atoms in total. The average Bonchev–Trinajstić information content (AvgIpc) is 2.22. The zero-order valence-corrected chi connectivity index (χ0v) is 11.1. The fraction of sp³-hybridized carbons (Fsp3) is 0.400. The largest absolute Gasteiger partial charge is 0.402 e. The van der Waals surface area contributed by atoms with Gasteiger partial charge in [0.25, 0.3) is 10.2 Å². The molecule has 0 spiro atoms. The number of hydrogen-bond donors (Lipinski definition) is 3. The van der Waals surface area contributed by atoms with Crippen molar-refractivity contribution < 1.29 is 21.6 Å². The van der Waals surface area contributed by atoms with Crippen LogP contribution in [0.4, 0.5) is 24.5 Å². The Hall–Kier alpha value is -1.48. The molecule has 0 saturated carbocycles. The van der Waals surface area contributed by atoms with Crippen LogP contribution < -0.4 is 15.2 Å². The van der Waals surface area contributed by atoms with Crippen LogP contribution >= 0.6 is 0 Å². The number of halogens is 3. The molecule has 108 valence electrons. The first-order valence-electron chi connectivity index (χ1n) is 5.21. The van der Waals surface area contributed by atoms with Crippen molar-refractivity contribution in [1.82, 2.24) is 4.72 Å². The molecule has 0 atom stereocenters. The van der Waals surface area contributed by atoms with E-state index in [9.17, 15) is 21.6 Å². The lowest BCUT2D eigenvalue weighted by molar-refractivity contribution is -0.121. The molecule has 0 aliphatic carbocycles. The van der Waals surface area contributed by atoms with Gasteiger partial charge in [-0.3, -0.25) is 4.72 Å². The smallest absolute Gasteiger partial charge is 0.398 e. The second kappa shape index (κ2) is 5.25. The topological polar surface area (TPSA) is 84.2 Å². The lowest BCUT2D eigenvalue weighted by atomic mass is 10.1. The van der Waals surface area contributed by atoms with Gasteiger partial charge >= 0.3 is 6.18 Å². The summed E-state index contributed by atoms with van der Waals surface area (Å²) in [6.45, 7) is 1.72. The Labute approximate surface area is 109 Å². The van der Waals surface area contributed by atoms with E-state index in [1.807, 2.05) is 4.72 Å². The maximum absolute atomic E-state index is 11.9. The molecule has 0 aliphatic heterocycles. The lowest BCUT2D eigenvalue weighted by Crippen LogP contribution is -2.37. The molecule has 0 aliphatic rings. The number of hydrogen-bond acceptors (Lipinski definition) is 3. The van der Waals surface area contributed by atoms with Crippen LogP contribution in [-0.4, -0.2) is 21.1 Å². The molecule has 0 saturated heterocycles. The number of alkyl halides is 3. The molecule has 1 aromatic carbocycles. The molecule has 0 unspecified atom stereocenters. The molecular formula is C10H14F3N3O2S. The van der Waals surface area contributed by atoms with Crippen molar-refractivity contribution in [3.05, 3.63) is 23.3 Å². The van der Waals surface area contributed by atoms with Gasteiger partial charge in [0.05, 0.1) is 5.69 Å². The van der Waals surface area contributed by atoms with Crippen molar-refractivity contribution in [1.29, 1.82) is 0 Å². The van der Waals surface area contributed by atoms with Crippen LogP contribution in [0, 0.1) is 13.8 Å². The van der Waals surface area contributed by atoms with Crippen molar-refractivity contribution >= 4 is 21.6 Å². The zero-order valence-electron chi connectivity index (χ0n) is 10.3. The van der Waals surface area contributed by atoms with E-state index >= 15 is 0 Å². The fourth-order valence-electron chi connectivity index (χ4n) is 1.34.